The number of aryl methyl sites for hydroxylation is 1. The molecule has 0 aliphatic rings. The summed E-state index contributed by atoms with van der Waals surface area (Å²) in [6.07, 6.45) is 3.55. The fourth-order valence-electron chi connectivity index (χ4n) is 1.42. The molecule has 0 fully saturated rings. The van der Waals surface area contributed by atoms with Crippen LogP contribution in [0.1, 0.15) is 18.4 Å². The van der Waals surface area contributed by atoms with E-state index < -0.39 is 0 Å². The maximum Gasteiger partial charge on any atom is 0.115 e. The Kier molecular flexibility index (Phi) is 4.47. The number of hydrogen-bond acceptors (Lipinski definition) is 2. The zero-order chi connectivity index (χ0) is 10.4. The van der Waals surface area contributed by atoms with Crippen molar-refractivity contribution in [2.45, 2.75) is 19.3 Å². The van der Waals surface area contributed by atoms with Crippen LogP contribution in [0.15, 0.2) is 24.3 Å². The van der Waals surface area contributed by atoms with Gasteiger partial charge in [-0.05, 0) is 57.6 Å². The quantitative estimate of drug-likeness (QED) is 0.725. The number of unbranched alkanes of at least 4 members (excludes halogenated alkanes) is 1. The minimum Gasteiger partial charge on any atom is -0.508 e. The average Bonchev–Trinajstić information content (AvgIpc) is 2.15. The summed E-state index contributed by atoms with van der Waals surface area (Å²) in [5, 5.41) is 9.09. The molecule has 14 heavy (non-hydrogen) atoms. The molecule has 2 heteroatoms. The lowest BCUT2D eigenvalue weighted by Crippen LogP contribution is -2.12. The molecule has 0 aliphatic heterocycles. The summed E-state index contributed by atoms with van der Waals surface area (Å²) in [5.74, 6) is 0.349. The smallest absolute Gasteiger partial charge is 0.115 e. The van der Waals surface area contributed by atoms with Gasteiger partial charge in [0, 0.05) is 0 Å². The molecule has 0 aromatic heterocycles. The monoisotopic (exact) mass is 193 g/mol. The molecular weight excluding hydrogens is 174 g/mol. The molecule has 0 atom stereocenters. The number of benzene rings is 1. The zero-order valence-electron chi connectivity index (χ0n) is 9.03. The van der Waals surface area contributed by atoms with Gasteiger partial charge in [0.15, 0.2) is 0 Å². The second-order valence-electron chi connectivity index (χ2n) is 3.93. The third kappa shape index (κ3) is 4.28. The standard InChI is InChI=1S/C12H19NO/c1-13(2)10-4-3-5-11-6-8-12(14)9-7-11/h6-9,14H,3-5,10H2,1-2H3. The summed E-state index contributed by atoms with van der Waals surface area (Å²) < 4.78 is 0. The van der Waals surface area contributed by atoms with Crippen molar-refractivity contribution in [3.63, 3.8) is 0 Å². The average molecular weight is 193 g/mol. The van der Waals surface area contributed by atoms with Gasteiger partial charge in [0.1, 0.15) is 5.75 Å². The largest absolute Gasteiger partial charge is 0.508 e. The second-order valence-corrected chi connectivity index (χ2v) is 3.93. The minimum atomic E-state index is 0.349. The van der Waals surface area contributed by atoms with E-state index in [0.29, 0.717) is 5.75 Å². The van der Waals surface area contributed by atoms with Crippen molar-refractivity contribution < 1.29 is 5.11 Å². The SMILES string of the molecule is CN(C)CCCCc1ccc(O)cc1. The van der Waals surface area contributed by atoms with E-state index in [9.17, 15) is 0 Å². The second kappa shape index (κ2) is 5.66. The van der Waals surface area contributed by atoms with E-state index in [4.69, 9.17) is 5.11 Å². The highest BCUT2D eigenvalue weighted by Gasteiger charge is 1.94. The van der Waals surface area contributed by atoms with E-state index in [1.807, 2.05) is 12.1 Å². The molecule has 1 aromatic carbocycles. The van der Waals surface area contributed by atoms with Gasteiger partial charge >= 0.3 is 0 Å². The molecule has 0 bridgehead atoms. The Bertz CT molecular complexity index is 254. The van der Waals surface area contributed by atoms with Crippen molar-refractivity contribution in [2.24, 2.45) is 0 Å². The number of rotatable bonds is 5. The molecule has 2 nitrogen and oxygen atoms in total. The van der Waals surface area contributed by atoms with Gasteiger partial charge in [0.05, 0.1) is 0 Å². The van der Waals surface area contributed by atoms with E-state index in [-0.39, 0.29) is 0 Å². The number of hydrogen-bond donors (Lipinski definition) is 1. The molecule has 0 saturated carbocycles. The van der Waals surface area contributed by atoms with Crippen molar-refractivity contribution in [3.05, 3.63) is 29.8 Å². The molecule has 0 aliphatic carbocycles. The van der Waals surface area contributed by atoms with Crippen molar-refractivity contribution >= 4 is 0 Å². The van der Waals surface area contributed by atoms with Crippen molar-refractivity contribution in [1.29, 1.82) is 0 Å². The summed E-state index contributed by atoms with van der Waals surface area (Å²) in [5.41, 5.74) is 1.31. The molecule has 1 N–H and O–H groups in total. The molecule has 0 saturated heterocycles. The van der Waals surface area contributed by atoms with Crippen molar-refractivity contribution in [1.82, 2.24) is 4.90 Å². The van der Waals surface area contributed by atoms with Gasteiger partial charge < -0.3 is 10.0 Å². The number of nitrogens with zero attached hydrogens (tertiary/aromatic N) is 1. The van der Waals surface area contributed by atoms with Crippen LogP contribution in [0.2, 0.25) is 0 Å². The molecular formula is C12H19NO. The molecule has 0 heterocycles. The van der Waals surface area contributed by atoms with E-state index in [1.54, 1.807) is 12.1 Å². The van der Waals surface area contributed by atoms with Crippen LogP contribution in [0, 0.1) is 0 Å². The third-order valence-corrected chi connectivity index (χ3v) is 2.26. The Hall–Kier alpha value is -1.02. The molecule has 78 valence electrons. The first-order valence-corrected chi connectivity index (χ1v) is 5.11. The lowest BCUT2D eigenvalue weighted by atomic mass is 10.1. The van der Waals surface area contributed by atoms with Gasteiger partial charge in [-0.25, -0.2) is 0 Å². The van der Waals surface area contributed by atoms with Crippen LogP contribution in [-0.4, -0.2) is 30.6 Å². The fraction of sp³-hybridized carbons (Fsp3) is 0.500. The first kappa shape index (κ1) is 11.1. The first-order valence-electron chi connectivity index (χ1n) is 5.11. The number of aromatic hydroxyl groups is 1. The number of phenols is 1. The summed E-state index contributed by atoms with van der Waals surface area (Å²) >= 11 is 0. The predicted molar refractivity (Wildman–Crippen MR) is 59.6 cm³/mol. The van der Waals surface area contributed by atoms with Crippen molar-refractivity contribution in [2.75, 3.05) is 20.6 Å². The highest BCUT2D eigenvalue weighted by atomic mass is 16.3. The fourth-order valence-corrected chi connectivity index (χ4v) is 1.42. The molecule has 0 radical (unpaired) electrons. The Morgan fingerprint density at radius 2 is 1.71 bits per heavy atom. The predicted octanol–water partition coefficient (Wildman–Crippen LogP) is 2.28. The first-order chi connectivity index (χ1) is 6.68. The van der Waals surface area contributed by atoms with Gasteiger partial charge in [0.25, 0.3) is 0 Å². The maximum atomic E-state index is 9.09. The molecule has 0 unspecified atom stereocenters. The van der Waals surface area contributed by atoms with Gasteiger partial charge in [-0.2, -0.15) is 0 Å². The van der Waals surface area contributed by atoms with Crippen LogP contribution in [-0.2, 0) is 6.42 Å². The zero-order valence-corrected chi connectivity index (χ0v) is 9.03. The molecule has 0 amide bonds. The van der Waals surface area contributed by atoms with Crippen LogP contribution >= 0.6 is 0 Å². The van der Waals surface area contributed by atoms with Crippen LogP contribution in [0.3, 0.4) is 0 Å². The Labute approximate surface area is 86.2 Å². The summed E-state index contributed by atoms with van der Waals surface area (Å²) in [6, 6.07) is 7.48. The summed E-state index contributed by atoms with van der Waals surface area (Å²) in [4.78, 5) is 2.21. The highest BCUT2D eigenvalue weighted by molar-refractivity contribution is 5.25. The molecule has 1 rings (SSSR count). The van der Waals surface area contributed by atoms with Crippen LogP contribution in [0.4, 0.5) is 0 Å². The van der Waals surface area contributed by atoms with E-state index in [1.165, 1.54) is 18.4 Å². The van der Waals surface area contributed by atoms with Gasteiger partial charge in [-0.1, -0.05) is 12.1 Å². The van der Waals surface area contributed by atoms with Gasteiger partial charge in [0.2, 0.25) is 0 Å². The Morgan fingerprint density at radius 1 is 1.07 bits per heavy atom. The molecule has 1 aromatic rings. The number of phenolic OH excluding ortho intramolecular Hbond substituents is 1. The van der Waals surface area contributed by atoms with Crippen LogP contribution in [0.5, 0.6) is 5.75 Å². The lowest BCUT2D eigenvalue weighted by Gasteiger charge is -2.08. The van der Waals surface area contributed by atoms with Gasteiger partial charge in [-0.3, -0.25) is 0 Å². The van der Waals surface area contributed by atoms with Gasteiger partial charge in [-0.15, -0.1) is 0 Å². The third-order valence-electron chi connectivity index (χ3n) is 2.26. The summed E-state index contributed by atoms with van der Waals surface area (Å²) in [6.45, 7) is 1.15. The topological polar surface area (TPSA) is 23.5 Å². The van der Waals surface area contributed by atoms with E-state index in [0.717, 1.165) is 13.0 Å². The van der Waals surface area contributed by atoms with Crippen molar-refractivity contribution in [3.8, 4) is 5.75 Å². The van der Waals surface area contributed by atoms with E-state index in [2.05, 4.69) is 19.0 Å². The minimum absolute atomic E-state index is 0.349. The summed E-state index contributed by atoms with van der Waals surface area (Å²) in [7, 11) is 4.20. The Balaban J connectivity index is 2.21. The lowest BCUT2D eigenvalue weighted by molar-refractivity contribution is 0.394. The normalized spacial score (nSPS) is 10.8. The Morgan fingerprint density at radius 3 is 2.29 bits per heavy atom. The van der Waals surface area contributed by atoms with E-state index >= 15 is 0 Å². The van der Waals surface area contributed by atoms with Crippen LogP contribution in [0.25, 0.3) is 0 Å². The maximum absolute atomic E-state index is 9.09. The molecule has 0 spiro atoms. The highest BCUT2D eigenvalue weighted by Crippen LogP contribution is 2.11. The van der Waals surface area contributed by atoms with Crippen LogP contribution < -0.4 is 0 Å².